The van der Waals surface area contributed by atoms with Crippen LogP contribution in [0.3, 0.4) is 0 Å². The Morgan fingerprint density at radius 1 is 1.20 bits per heavy atom. The SMILES string of the molecule is COC(=O)C1=C(CN2CCN3C(=O)N(c4ccc(CC(C)C(=O)O)cc4)C[C@@H]3C2)NC(c2nccs2)=N[C@H]1c1ccc(F)cc1Cl. The maximum Gasteiger partial charge on any atom is 0.338 e. The molecule has 0 radical (unpaired) electrons. The van der Waals surface area contributed by atoms with Crippen molar-refractivity contribution in [1.29, 1.82) is 0 Å². The van der Waals surface area contributed by atoms with E-state index in [2.05, 4.69) is 15.2 Å². The molecule has 3 aliphatic rings. The van der Waals surface area contributed by atoms with Crippen LogP contribution in [-0.2, 0) is 20.7 Å². The van der Waals surface area contributed by atoms with E-state index in [1.165, 1.54) is 36.6 Å². The lowest BCUT2D eigenvalue weighted by atomic mass is 9.95. The van der Waals surface area contributed by atoms with Gasteiger partial charge in [0.2, 0.25) is 0 Å². The molecule has 3 aliphatic heterocycles. The first kappa shape index (κ1) is 31.6. The zero-order valence-electron chi connectivity index (χ0n) is 25.2. The van der Waals surface area contributed by atoms with Crippen molar-refractivity contribution in [2.24, 2.45) is 10.9 Å². The predicted molar refractivity (Wildman–Crippen MR) is 172 cm³/mol. The van der Waals surface area contributed by atoms with Crippen molar-refractivity contribution in [3.05, 3.63) is 92.3 Å². The number of carboxylic acids is 1. The van der Waals surface area contributed by atoms with Crippen LogP contribution in [0.25, 0.3) is 0 Å². The summed E-state index contributed by atoms with van der Waals surface area (Å²) in [5, 5.41) is 15.1. The number of aliphatic imine (C=N–C) groups is 1. The molecule has 14 heteroatoms. The van der Waals surface area contributed by atoms with Crippen LogP contribution in [0, 0.1) is 11.7 Å². The summed E-state index contributed by atoms with van der Waals surface area (Å²) in [6.07, 6.45) is 2.07. The number of thiazole rings is 1. The highest BCUT2D eigenvalue weighted by molar-refractivity contribution is 7.11. The Morgan fingerprint density at radius 2 is 1.98 bits per heavy atom. The second-order valence-corrected chi connectivity index (χ2v) is 12.8. The van der Waals surface area contributed by atoms with Gasteiger partial charge < -0.3 is 20.1 Å². The summed E-state index contributed by atoms with van der Waals surface area (Å²) >= 11 is 7.86. The van der Waals surface area contributed by atoms with Crippen molar-refractivity contribution in [2.75, 3.05) is 44.7 Å². The number of esters is 1. The van der Waals surface area contributed by atoms with Gasteiger partial charge >= 0.3 is 18.0 Å². The maximum atomic E-state index is 14.0. The number of hydrogen-bond donors (Lipinski definition) is 2. The number of carboxylic acid groups (broad SMARTS) is 1. The molecule has 0 spiro atoms. The molecular weight excluding hydrogens is 635 g/mol. The second-order valence-electron chi connectivity index (χ2n) is 11.5. The van der Waals surface area contributed by atoms with E-state index in [1.54, 1.807) is 18.0 Å². The first-order valence-corrected chi connectivity index (χ1v) is 16.0. The van der Waals surface area contributed by atoms with Gasteiger partial charge in [-0.05, 0) is 36.2 Å². The Balaban J connectivity index is 1.24. The molecule has 6 rings (SSSR count). The number of fused-ring (bicyclic) bond motifs is 1. The third kappa shape index (κ3) is 6.35. The molecule has 0 bridgehead atoms. The lowest BCUT2D eigenvalue weighted by Gasteiger charge is -2.38. The van der Waals surface area contributed by atoms with Crippen LogP contribution in [0.4, 0.5) is 14.9 Å². The number of amidine groups is 1. The number of nitrogens with zero attached hydrogens (tertiary/aromatic N) is 5. The molecule has 11 nitrogen and oxygen atoms in total. The fourth-order valence-corrected chi connectivity index (χ4v) is 6.93. The van der Waals surface area contributed by atoms with Gasteiger partial charge in [0.15, 0.2) is 10.8 Å². The van der Waals surface area contributed by atoms with Gasteiger partial charge in [-0.1, -0.05) is 36.7 Å². The Labute approximate surface area is 273 Å². The number of halogens is 2. The Hall–Kier alpha value is -4.33. The third-order valence-corrected chi connectivity index (χ3v) is 9.56. The topological polar surface area (TPSA) is 128 Å². The van der Waals surface area contributed by atoms with E-state index in [9.17, 15) is 23.9 Å². The summed E-state index contributed by atoms with van der Waals surface area (Å²) in [7, 11) is 1.30. The minimum atomic E-state index is -0.859. The highest BCUT2D eigenvalue weighted by Gasteiger charge is 2.42. The molecule has 240 valence electrons. The van der Waals surface area contributed by atoms with Crippen molar-refractivity contribution >= 4 is 52.4 Å². The zero-order valence-corrected chi connectivity index (χ0v) is 26.7. The van der Waals surface area contributed by atoms with Gasteiger partial charge in [-0.15, -0.1) is 11.3 Å². The van der Waals surface area contributed by atoms with Crippen molar-refractivity contribution in [3.63, 3.8) is 0 Å². The van der Waals surface area contributed by atoms with Crippen molar-refractivity contribution in [2.45, 2.75) is 25.4 Å². The van der Waals surface area contributed by atoms with E-state index < -0.39 is 29.7 Å². The number of methoxy groups -OCH3 is 1. The average molecular weight is 667 g/mol. The van der Waals surface area contributed by atoms with Crippen LogP contribution in [0.1, 0.15) is 29.1 Å². The van der Waals surface area contributed by atoms with Gasteiger partial charge in [0.1, 0.15) is 11.9 Å². The van der Waals surface area contributed by atoms with E-state index in [0.717, 1.165) is 11.3 Å². The molecule has 2 fully saturated rings. The summed E-state index contributed by atoms with van der Waals surface area (Å²) in [6.45, 7) is 4.10. The summed E-state index contributed by atoms with van der Waals surface area (Å²) in [4.78, 5) is 52.9. The van der Waals surface area contributed by atoms with Crippen LogP contribution >= 0.6 is 22.9 Å². The van der Waals surface area contributed by atoms with E-state index in [-0.39, 0.29) is 22.7 Å². The van der Waals surface area contributed by atoms with E-state index in [4.69, 9.17) is 21.3 Å². The normalized spacial score (nSPS) is 20.7. The number of carbonyl (C=O) groups excluding carboxylic acids is 2. The predicted octanol–water partition coefficient (Wildman–Crippen LogP) is 4.34. The molecule has 2 aromatic carbocycles. The number of urea groups is 1. The first-order chi connectivity index (χ1) is 22.1. The van der Waals surface area contributed by atoms with Gasteiger partial charge in [-0.25, -0.2) is 19.0 Å². The van der Waals surface area contributed by atoms with Crippen LogP contribution in [0.15, 0.2) is 70.3 Å². The number of ether oxygens (including phenoxy) is 1. The van der Waals surface area contributed by atoms with Crippen molar-refractivity contribution in [3.8, 4) is 0 Å². The van der Waals surface area contributed by atoms with Crippen molar-refractivity contribution < 1.29 is 28.6 Å². The van der Waals surface area contributed by atoms with E-state index in [0.29, 0.717) is 61.2 Å². The molecule has 0 aliphatic carbocycles. The van der Waals surface area contributed by atoms with E-state index in [1.807, 2.05) is 34.5 Å². The number of anilines is 1. The van der Waals surface area contributed by atoms with Gasteiger partial charge in [-0.3, -0.25) is 19.6 Å². The first-order valence-electron chi connectivity index (χ1n) is 14.8. The number of hydrogen-bond acceptors (Lipinski definition) is 9. The standard InChI is InChI=1S/C32H32ClFN6O5S/c1-18(30(41)42)13-19-3-6-21(7-4-19)40-16-22-15-38(10-11-39(22)32(40)44)17-25-26(31(43)45-2)27(23-8-5-20(34)14-24(23)33)37-28(36-25)29-35-9-12-46-29/h3-9,12,14,18,22,27H,10-11,13,15-17H2,1-2H3,(H,36,37)(H,41,42)/t18?,22-,27-/m0/s1. The third-order valence-electron chi connectivity index (χ3n) is 8.45. The Bertz CT molecular complexity index is 1720. The quantitative estimate of drug-likeness (QED) is 0.323. The van der Waals surface area contributed by atoms with Crippen LogP contribution in [0.5, 0.6) is 0 Å². The summed E-state index contributed by atoms with van der Waals surface area (Å²) in [5.74, 6) is -1.97. The van der Waals surface area contributed by atoms with Gasteiger partial charge in [0.05, 0.1) is 24.6 Å². The van der Waals surface area contributed by atoms with Crippen LogP contribution in [0.2, 0.25) is 5.02 Å². The molecule has 46 heavy (non-hydrogen) atoms. The maximum absolute atomic E-state index is 14.0. The highest BCUT2D eigenvalue weighted by Crippen LogP contribution is 2.37. The molecule has 2 N–H and O–H groups in total. The smallest absolute Gasteiger partial charge is 0.338 e. The number of amides is 2. The monoisotopic (exact) mass is 666 g/mol. The van der Waals surface area contributed by atoms with E-state index >= 15 is 0 Å². The largest absolute Gasteiger partial charge is 0.481 e. The highest BCUT2D eigenvalue weighted by atomic mass is 35.5. The summed E-state index contributed by atoms with van der Waals surface area (Å²) in [5.41, 5.74) is 2.94. The number of rotatable bonds is 9. The molecule has 3 atom stereocenters. The second kappa shape index (κ2) is 13.2. The minimum absolute atomic E-state index is 0.0780. The fourth-order valence-electron chi connectivity index (χ4n) is 6.08. The number of aliphatic carboxylic acids is 1. The molecule has 4 heterocycles. The number of nitrogens with one attached hydrogen (secondary N) is 1. The minimum Gasteiger partial charge on any atom is -0.481 e. The fraction of sp³-hybridized carbons (Fsp3) is 0.344. The average Bonchev–Trinajstić information content (AvgIpc) is 3.69. The van der Waals surface area contributed by atoms with Gasteiger partial charge in [0.25, 0.3) is 0 Å². The number of benzene rings is 2. The van der Waals surface area contributed by atoms with Crippen LogP contribution in [-0.4, -0.2) is 89.6 Å². The number of carbonyl (C=O) groups is 3. The molecular formula is C32H32ClFN6O5S. The molecule has 2 saturated heterocycles. The molecule has 1 unspecified atom stereocenters. The number of piperazine rings is 1. The number of aromatic nitrogens is 1. The zero-order chi connectivity index (χ0) is 32.5. The molecule has 0 saturated carbocycles. The lowest BCUT2D eigenvalue weighted by molar-refractivity contribution is -0.141. The molecule has 1 aromatic heterocycles. The van der Waals surface area contributed by atoms with Gasteiger partial charge in [-0.2, -0.15) is 0 Å². The lowest BCUT2D eigenvalue weighted by Crippen LogP contribution is -2.53. The summed E-state index contributed by atoms with van der Waals surface area (Å²) < 4.78 is 19.2. The van der Waals surface area contributed by atoms with Crippen molar-refractivity contribution in [1.82, 2.24) is 20.1 Å². The Morgan fingerprint density at radius 3 is 2.65 bits per heavy atom. The summed E-state index contributed by atoms with van der Waals surface area (Å²) in [6, 6.07) is 10.4. The van der Waals surface area contributed by atoms with Crippen LogP contribution < -0.4 is 10.2 Å². The molecule has 3 aromatic rings. The molecule has 2 amide bonds. The van der Waals surface area contributed by atoms with Gasteiger partial charge in [0, 0.05) is 66.3 Å². The Kier molecular flexibility index (Phi) is 9.07.